The molecule has 1 N–H and O–H groups in total. The van der Waals surface area contributed by atoms with Crippen LogP contribution < -0.4 is 0 Å². The van der Waals surface area contributed by atoms with E-state index in [0.29, 0.717) is 5.75 Å². The molecule has 0 spiro atoms. The normalized spacial score (nSPS) is 17.7. The highest BCUT2D eigenvalue weighted by Crippen LogP contribution is 2.30. The van der Waals surface area contributed by atoms with Crippen LogP contribution in [0.4, 0.5) is 0 Å². The number of phenolic OH excluding ortho intramolecular Hbond substituents is 1. The van der Waals surface area contributed by atoms with E-state index in [-0.39, 0.29) is 0 Å². The Hall–Kier alpha value is -1.24. The second-order valence-corrected chi connectivity index (χ2v) is 4.20. The van der Waals surface area contributed by atoms with E-state index in [9.17, 15) is 5.11 Å². The quantitative estimate of drug-likeness (QED) is 0.726. The van der Waals surface area contributed by atoms with Crippen molar-refractivity contribution >= 4 is 5.57 Å². The molecule has 1 aliphatic rings. The SMILES string of the molecule is Oc1ccccc1C1=CCCCCCC1. The van der Waals surface area contributed by atoms with E-state index in [0.717, 1.165) is 18.4 Å². The molecular formula is C14H18O. The predicted molar refractivity (Wildman–Crippen MR) is 63.8 cm³/mol. The smallest absolute Gasteiger partial charge is 0.123 e. The molecule has 2 rings (SSSR count). The summed E-state index contributed by atoms with van der Waals surface area (Å²) in [5.74, 6) is 0.421. The van der Waals surface area contributed by atoms with Gasteiger partial charge in [-0.15, -0.1) is 0 Å². The fourth-order valence-electron chi connectivity index (χ4n) is 2.18. The van der Waals surface area contributed by atoms with Gasteiger partial charge in [0.2, 0.25) is 0 Å². The molecule has 1 nitrogen and oxygen atoms in total. The molecular weight excluding hydrogens is 184 g/mol. The maximum absolute atomic E-state index is 9.78. The second-order valence-electron chi connectivity index (χ2n) is 4.20. The average Bonchev–Trinajstić information content (AvgIpc) is 2.19. The van der Waals surface area contributed by atoms with Gasteiger partial charge in [0.1, 0.15) is 5.75 Å². The van der Waals surface area contributed by atoms with Crippen LogP contribution >= 0.6 is 0 Å². The summed E-state index contributed by atoms with van der Waals surface area (Å²) >= 11 is 0. The van der Waals surface area contributed by atoms with Crippen LogP contribution in [0.25, 0.3) is 5.57 Å². The number of hydrogen-bond donors (Lipinski definition) is 1. The monoisotopic (exact) mass is 202 g/mol. The maximum Gasteiger partial charge on any atom is 0.123 e. The minimum absolute atomic E-state index is 0.421. The Morgan fingerprint density at radius 3 is 2.60 bits per heavy atom. The van der Waals surface area contributed by atoms with E-state index in [4.69, 9.17) is 0 Å². The Morgan fingerprint density at radius 1 is 0.933 bits per heavy atom. The molecule has 0 fully saturated rings. The number of benzene rings is 1. The third-order valence-corrected chi connectivity index (χ3v) is 3.04. The Balaban J connectivity index is 2.24. The van der Waals surface area contributed by atoms with Crippen LogP contribution in [0, 0.1) is 0 Å². The lowest BCUT2D eigenvalue weighted by Gasteiger charge is -2.12. The predicted octanol–water partition coefficient (Wildman–Crippen LogP) is 4.13. The lowest BCUT2D eigenvalue weighted by molar-refractivity contribution is 0.473. The Labute approximate surface area is 91.4 Å². The maximum atomic E-state index is 9.78. The van der Waals surface area contributed by atoms with Crippen molar-refractivity contribution < 1.29 is 5.11 Å². The zero-order chi connectivity index (χ0) is 10.5. The average molecular weight is 202 g/mol. The van der Waals surface area contributed by atoms with Crippen LogP contribution in [0.5, 0.6) is 5.75 Å². The van der Waals surface area contributed by atoms with Crippen molar-refractivity contribution in [1.82, 2.24) is 0 Å². The highest BCUT2D eigenvalue weighted by atomic mass is 16.3. The minimum Gasteiger partial charge on any atom is -0.507 e. The van der Waals surface area contributed by atoms with Gasteiger partial charge in [0.05, 0.1) is 0 Å². The summed E-state index contributed by atoms with van der Waals surface area (Å²) in [6, 6.07) is 7.66. The van der Waals surface area contributed by atoms with E-state index < -0.39 is 0 Å². The van der Waals surface area contributed by atoms with Gasteiger partial charge >= 0.3 is 0 Å². The summed E-state index contributed by atoms with van der Waals surface area (Å²) in [6.07, 6.45) is 9.78. The molecule has 1 aromatic rings. The molecule has 0 saturated carbocycles. The highest BCUT2D eigenvalue weighted by molar-refractivity contribution is 5.70. The third kappa shape index (κ3) is 2.62. The molecule has 0 radical (unpaired) electrons. The third-order valence-electron chi connectivity index (χ3n) is 3.04. The highest BCUT2D eigenvalue weighted by Gasteiger charge is 2.07. The summed E-state index contributed by atoms with van der Waals surface area (Å²) in [6.45, 7) is 0. The zero-order valence-corrected chi connectivity index (χ0v) is 9.08. The van der Waals surface area contributed by atoms with E-state index in [1.807, 2.05) is 18.2 Å². The first-order valence-electron chi connectivity index (χ1n) is 5.85. The van der Waals surface area contributed by atoms with Crippen molar-refractivity contribution in [3.63, 3.8) is 0 Å². The number of allylic oxidation sites excluding steroid dienone is 2. The fraction of sp³-hybridized carbons (Fsp3) is 0.429. The minimum atomic E-state index is 0.421. The van der Waals surface area contributed by atoms with Gasteiger partial charge in [-0.3, -0.25) is 0 Å². The van der Waals surface area contributed by atoms with Crippen LogP contribution in [0.15, 0.2) is 30.3 Å². The number of rotatable bonds is 1. The van der Waals surface area contributed by atoms with Crippen LogP contribution in [0.3, 0.4) is 0 Å². The molecule has 0 heterocycles. The summed E-state index contributed by atoms with van der Waals surface area (Å²) < 4.78 is 0. The molecule has 0 atom stereocenters. The number of para-hydroxylation sites is 1. The molecule has 1 heteroatoms. The van der Waals surface area contributed by atoms with Crippen molar-refractivity contribution in [2.45, 2.75) is 38.5 Å². The summed E-state index contributed by atoms with van der Waals surface area (Å²) in [5.41, 5.74) is 2.35. The van der Waals surface area contributed by atoms with Crippen molar-refractivity contribution in [1.29, 1.82) is 0 Å². The van der Waals surface area contributed by atoms with Crippen molar-refractivity contribution in [3.8, 4) is 5.75 Å². The largest absolute Gasteiger partial charge is 0.507 e. The van der Waals surface area contributed by atoms with Gasteiger partial charge in [0, 0.05) is 5.56 Å². The van der Waals surface area contributed by atoms with Crippen molar-refractivity contribution in [3.05, 3.63) is 35.9 Å². The summed E-state index contributed by atoms with van der Waals surface area (Å²) in [5, 5.41) is 9.78. The summed E-state index contributed by atoms with van der Waals surface area (Å²) in [7, 11) is 0. The van der Waals surface area contributed by atoms with Crippen molar-refractivity contribution in [2.75, 3.05) is 0 Å². The van der Waals surface area contributed by atoms with Crippen LogP contribution in [-0.2, 0) is 0 Å². The zero-order valence-electron chi connectivity index (χ0n) is 9.08. The second kappa shape index (κ2) is 5.01. The van der Waals surface area contributed by atoms with Crippen LogP contribution in [0.2, 0.25) is 0 Å². The van der Waals surface area contributed by atoms with Gasteiger partial charge in [-0.25, -0.2) is 0 Å². The Kier molecular flexibility index (Phi) is 3.44. The van der Waals surface area contributed by atoms with Crippen LogP contribution in [0.1, 0.15) is 44.1 Å². The molecule has 0 unspecified atom stereocenters. The fourth-order valence-corrected chi connectivity index (χ4v) is 2.18. The molecule has 0 aliphatic heterocycles. The van der Waals surface area contributed by atoms with Gasteiger partial charge in [-0.1, -0.05) is 37.1 Å². The lowest BCUT2D eigenvalue weighted by atomic mass is 9.94. The summed E-state index contributed by atoms with van der Waals surface area (Å²) in [4.78, 5) is 0. The Morgan fingerprint density at radius 2 is 1.73 bits per heavy atom. The van der Waals surface area contributed by atoms with E-state index in [1.165, 1.54) is 31.3 Å². The molecule has 0 saturated heterocycles. The molecule has 0 amide bonds. The molecule has 1 aliphatic carbocycles. The number of phenols is 1. The molecule has 1 aromatic carbocycles. The Bertz CT molecular complexity index is 352. The molecule has 15 heavy (non-hydrogen) atoms. The molecule has 80 valence electrons. The van der Waals surface area contributed by atoms with E-state index in [1.54, 1.807) is 6.07 Å². The van der Waals surface area contributed by atoms with Gasteiger partial charge < -0.3 is 5.11 Å². The number of aromatic hydroxyl groups is 1. The molecule has 0 aromatic heterocycles. The van der Waals surface area contributed by atoms with Gasteiger partial charge in [0.25, 0.3) is 0 Å². The van der Waals surface area contributed by atoms with E-state index in [2.05, 4.69) is 6.08 Å². The van der Waals surface area contributed by atoms with E-state index >= 15 is 0 Å². The van der Waals surface area contributed by atoms with Gasteiger partial charge in [-0.2, -0.15) is 0 Å². The lowest BCUT2D eigenvalue weighted by Crippen LogP contribution is -1.90. The topological polar surface area (TPSA) is 20.2 Å². The first-order valence-corrected chi connectivity index (χ1v) is 5.85. The number of hydrogen-bond acceptors (Lipinski definition) is 1. The van der Waals surface area contributed by atoms with Gasteiger partial charge in [0.15, 0.2) is 0 Å². The van der Waals surface area contributed by atoms with Gasteiger partial charge in [-0.05, 0) is 37.3 Å². The van der Waals surface area contributed by atoms with Crippen molar-refractivity contribution in [2.24, 2.45) is 0 Å². The standard InChI is InChI=1S/C14H18O/c15-14-11-7-6-10-13(14)12-8-4-2-1-3-5-9-12/h6-8,10-11,15H,1-5,9H2. The molecule has 0 bridgehead atoms. The van der Waals surface area contributed by atoms with Crippen LogP contribution in [-0.4, -0.2) is 5.11 Å². The first kappa shape index (κ1) is 10.3. The first-order chi connectivity index (χ1) is 7.38.